The van der Waals surface area contributed by atoms with E-state index >= 15 is 0 Å². The number of ether oxygens (including phenoxy) is 1. The normalized spacial score (nSPS) is 13.9. The number of nitro benzene ring substituents is 1. The number of esters is 1. The number of amides is 1. The summed E-state index contributed by atoms with van der Waals surface area (Å²) in [5, 5.41) is 11.0. The number of rotatable bonds is 7. The summed E-state index contributed by atoms with van der Waals surface area (Å²) in [6.07, 6.45) is 0.517. The standard InChI is InChI=1S/C25H23N3O7S/c1-17(24(29)27-15-7-9-18-8-2-5-14-23(18)27)35-25(30)21-12-3-4-13-22(21)26-36(33,34)20-11-6-10-19(16-20)28(31)32/h2-6,8,10-14,16-17,26H,7,9,15H2,1H3/t17-/m0/s1. The third kappa shape index (κ3) is 5.20. The molecular weight excluding hydrogens is 486 g/mol. The van der Waals surface area contributed by atoms with Crippen LogP contribution in [0, 0.1) is 10.1 Å². The summed E-state index contributed by atoms with van der Waals surface area (Å²) in [5.41, 5.74) is 1.23. The number of para-hydroxylation sites is 2. The van der Waals surface area contributed by atoms with Crippen LogP contribution in [-0.2, 0) is 26.0 Å². The number of fused-ring (bicyclic) bond motifs is 1. The quantitative estimate of drug-likeness (QED) is 0.290. The highest BCUT2D eigenvalue weighted by Crippen LogP contribution is 2.28. The largest absolute Gasteiger partial charge is 0.449 e. The molecule has 0 saturated carbocycles. The molecule has 3 aromatic rings. The molecule has 1 amide bonds. The summed E-state index contributed by atoms with van der Waals surface area (Å²) in [5.74, 6) is -1.27. The molecule has 1 aliphatic heterocycles. The van der Waals surface area contributed by atoms with Gasteiger partial charge in [-0.25, -0.2) is 13.2 Å². The Bertz CT molecular complexity index is 1440. The molecule has 1 N–H and O–H groups in total. The Labute approximate surface area is 207 Å². The van der Waals surface area contributed by atoms with Gasteiger partial charge in [0, 0.05) is 24.4 Å². The van der Waals surface area contributed by atoms with Crippen LogP contribution in [-0.4, -0.2) is 37.9 Å². The van der Waals surface area contributed by atoms with E-state index < -0.39 is 32.7 Å². The topological polar surface area (TPSA) is 136 Å². The Kier molecular flexibility index (Phi) is 7.02. The van der Waals surface area contributed by atoms with Gasteiger partial charge in [0.2, 0.25) is 0 Å². The number of aryl methyl sites for hydroxylation is 1. The molecule has 1 aliphatic rings. The first-order valence-electron chi connectivity index (χ1n) is 11.1. The first-order chi connectivity index (χ1) is 17.2. The number of carbonyl (C=O) groups is 2. The van der Waals surface area contributed by atoms with E-state index in [2.05, 4.69) is 4.72 Å². The number of benzene rings is 3. The smallest absolute Gasteiger partial charge is 0.341 e. The Morgan fingerprint density at radius 1 is 1.06 bits per heavy atom. The second-order valence-electron chi connectivity index (χ2n) is 8.18. The summed E-state index contributed by atoms with van der Waals surface area (Å²) < 4.78 is 33.4. The van der Waals surface area contributed by atoms with Gasteiger partial charge in [-0.05, 0) is 49.6 Å². The predicted molar refractivity (Wildman–Crippen MR) is 132 cm³/mol. The molecule has 0 unspecified atom stereocenters. The molecule has 0 radical (unpaired) electrons. The minimum Gasteiger partial charge on any atom is -0.449 e. The Morgan fingerprint density at radius 3 is 2.56 bits per heavy atom. The van der Waals surface area contributed by atoms with Crippen molar-refractivity contribution < 1.29 is 27.7 Å². The van der Waals surface area contributed by atoms with Crippen LogP contribution >= 0.6 is 0 Å². The Morgan fingerprint density at radius 2 is 1.78 bits per heavy atom. The van der Waals surface area contributed by atoms with E-state index in [4.69, 9.17) is 4.74 Å². The van der Waals surface area contributed by atoms with E-state index in [9.17, 15) is 28.1 Å². The van der Waals surface area contributed by atoms with Crippen LogP contribution in [0.25, 0.3) is 0 Å². The molecule has 36 heavy (non-hydrogen) atoms. The van der Waals surface area contributed by atoms with Gasteiger partial charge in [-0.1, -0.05) is 36.4 Å². The number of sulfonamides is 1. The lowest BCUT2D eigenvalue weighted by Crippen LogP contribution is -2.42. The van der Waals surface area contributed by atoms with Crippen molar-refractivity contribution in [3.63, 3.8) is 0 Å². The van der Waals surface area contributed by atoms with Crippen LogP contribution in [0.15, 0.2) is 77.7 Å². The maximum atomic E-state index is 13.1. The molecular formula is C25H23N3O7S. The highest BCUT2D eigenvalue weighted by molar-refractivity contribution is 7.92. The van der Waals surface area contributed by atoms with Gasteiger partial charge in [-0.15, -0.1) is 0 Å². The number of non-ortho nitro benzene ring substituents is 1. The minimum atomic E-state index is -4.26. The van der Waals surface area contributed by atoms with Crippen molar-refractivity contribution in [2.45, 2.75) is 30.8 Å². The summed E-state index contributed by atoms with van der Waals surface area (Å²) >= 11 is 0. The van der Waals surface area contributed by atoms with Crippen molar-refractivity contribution in [2.75, 3.05) is 16.2 Å². The second kappa shape index (κ2) is 10.2. The van der Waals surface area contributed by atoms with E-state index in [1.807, 2.05) is 24.3 Å². The first kappa shape index (κ1) is 24.9. The number of nitrogens with one attached hydrogen (secondary N) is 1. The number of nitrogens with zero attached hydrogens (tertiary/aromatic N) is 2. The maximum Gasteiger partial charge on any atom is 0.341 e. The fourth-order valence-electron chi connectivity index (χ4n) is 3.97. The lowest BCUT2D eigenvalue weighted by molar-refractivity contribution is -0.385. The van der Waals surface area contributed by atoms with E-state index in [0.29, 0.717) is 6.54 Å². The lowest BCUT2D eigenvalue weighted by Gasteiger charge is -2.31. The van der Waals surface area contributed by atoms with Gasteiger partial charge < -0.3 is 9.64 Å². The number of nitro groups is 1. The molecule has 0 bridgehead atoms. The molecule has 3 aromatic carbocycles. The summed E-state index contributed by atoms with van der Waals surface area (Å²) in [7, 11) is -4.26. The number of carbonyl (C=O) groups excluding carboxylic acids is 2. The van der Waals surface area contributed by atoms with Crippen molar-refractivity contribution in [1.29, 1.82) is 0 Å². The van der Waals surface area contributed by atoms with Gasteiger partial charge in [-0.3, -0.25) is 19.6 Å². The zero-order chi connectivity index (χ0) is 25.9. The third-order valence-electron chi connectivity index (χ3n) is 5.74. The van der Waals surface area contributed by atoms with Crippen LogP contribution in [0.5, 0.6) is 0 Å². The van der Waals surface area contributed by atoms with Crippen LogP contribution in [0.3, 0.4) is 0 Å². The van der Waals surface area contributed by atoms with Gasteiger partial charge in [0.15, 0.2) is 6.10 Å². The van der Waals surface area contributed by atoms with Gasteiger partial charge in [-0.2, -0.15) is 0 Å². The molecule has 1 heterocycles. The summed E-state index contributed by atoms with van der Waals surface area (Å²) in [6.45, 7) is 1.96. The monoisotopic (exact) mass is 509 g/mol. The van der Waals surface area contributed by atoms with Crippen LogP contribution in [0.4, 0.5) is 17.1 Å². The molecule has 0 spiro atoms. The summed E-state index contributed by atoms with van der Waals surface area (Å²) in [4.78, 5) is 37.6. The Hall–Kier alpha value is -4.25. The average molecular weight is 510 g/mol. The maximum absolute atomic E-state index is 13.1. The summed E-state index contributed by atoms with van der Waals surface area (Å²) in [6, 6.07) is 17.8. The van der Waals surface area contributed by atoms with E-state index in [-0.39, 0.29) is 22.1 Å². The lowest BCUT2D eigenvalue weighted by atomic mass is 10.0. The molecule has 11 heteroatoms. The molecule has 1 atom stereocenters. The fourth-order valence-corrected chi connectivity index (χ4v) is 5.09. The Balaban J connectivity index is 1.52. The molecule has 0 fully saturated rings. The SMILES string of the molecule is C[C@H](OC(=O)c1ccccc1NS(=O)(=O)c1cccc([N+](=O)[O-])c1)C(=O)N1CCCc2ccccc21. The van der Waals surface area contributed by atoms with Crippen LogP contribution < -0.4 is 9.62 Å². The average Bonchev–Trinajstić information content (AvgIpc) is 2.88. The minimum absolute atomic E-state index is 0.0861. The molecule has 10 nitrogen and oxygen atoms in total. The fraction of sp³-hybridized carbons (Fsp3) is 0.200. The predicted octanol–water partition coefficient (Wildman–Crippen LogP) is 3.92. The highest BCUT2D eigenvalue weighted by atomic mass is 32.2. The van der Waals surface area contributed by atoms with Crippen molar-refractivity contribution in [3.05, 3.63) is 94.0 Å². The molecule has 0 aromatic heterocycles. The number of hydrogen-bond acceptors (Lipinski definition) is 7. The van der Waals surface area contributed by atoms with Gasteiger partial charge in [0.1, 0.15) is 0 Å². The van der Waals surface area contributed by atoms with Gasteiger partial charge in [0.25, 0.3) is 21.6 Å². The second-order valence-corrected chi connectivity index (χ2v) is 9.86. The third-order valence-corrected chi connectivity index (χ3v) is 7.10. The van der Waals surface area contributed by atoms with Gasteiger partial charge in [0.05, 0.1) is 21.1 Å². The molecule has 0 aliphatic carbocycles. The van der Waals surface area contributed by atoms with E-state index in [0.717, 1.165) is 30.2 Å². The van der Waals surface area contributed by atoms with Crippen molar-refractivity contribution in [2.24, 2.45) is 0 Å². The zero-order valence-electron chi connectivity index (χ0n) is 19.3. The van der Waals surface area contributed by atoms with Crippen molar-refractivity contribution >= 4 is 39.0 Å². The van der Waals surface area contributed by atoms with Gasteiger partial charge >= 0.3 is 5.97 Å². The van der Waals surface area contributed by atoms with Crippen LogP contribution in [0.1, 0.15) is 29.3 Å². The molecule has 4 rings (SSSR count). The number of hydrogen-bond donors (Lipinski definition) is 1. The van der Waals surface area contributed by atoms with Crippen LogP contribution in [0.2, 0.25) is 0 Å². The molecule has 186 valence electrons. The molecule has 0 saturated heterocycles. The highest BCUT2D eigenvalue weighted by Gasteiger charge is 2.29. The van der Waals surface area contributed by atoms with Crippen molar-refractivity contribution in [3.8, 4) is 0 Å². The van der Waals surface area contributed by atoms with E-state index in [1.54, 1.807) is 4.90 Å². The van der Waals surface area contributed by atoms with E-state index in [1.165, 1.54) is 49.4 Å². The number of anilines is 2. The van der Waals surface area contributed by atoms with Crippen molar-refractivity contribution in [1.82, 2.24) is 0 Å². The zero-order valence-corrected chi connectivity index (χ0v) is 20.1. The first-order valence-corrected chi connectivity index (χ1v) is 12.6.